The van der Waals surface area contributed by atoms with E-state index in [-0.39, 0.29) is 0 Å². The minimum Gasteiger partial charge on any atom is -0.456 e. The maximum atomic E-state index is 6.36. The third-order valence-corrected chi connectivity index (χ3v) is 15.0. The number of rotatable bonds is 4. The van der Waals surface area contributed by atoms with Crippen LogP contribution in [0.2, 0.25) is 0 Å². The molecule has 0 amide bonds. The molecule has 2 nitrogen and oxygen atoms in total. The molecule has 3 heteroatoms. The number of furan rings is 1. The fourth-order valence-corrected chi connectivity index (χ4v) is 12.4. The summed E-state index contributed by atoms with van der Waals surface area (Å²) in [7, 11) is 0. The Hall–Kier alpha value is -7.98. The van der Waals surface area contributed by atoms with Crippen molar-refractivity contribution in [1.29, 1.82) is 0 Å². The van der Waals surface area contributed by atoms with Crippen molar-refractivity contribution in [2.45, 2.75) is 5.41 Å². The van der Waals surface area contributed by atoms with Crippen LogP contribution >= 0.6 is 11.3 Å². The summed E-state index contributed by atoms with van der Waals surface area (Å²) in [6, 6.07) is 83.1. The smallest absolute Gasteiger partial charge is 0.135 e. The fourth-order valence-electron chi connectivity index (χ4n) is 11.3. The largest absolute Gasteiger partial charge is 0.456 e. The van der Waals surface area contributed by atoms with E-state index in [9.17, 15) is 0 Å². The summed E-state index contributed by atoms with van der Waals surface area (Å²) in [5.41, 5.74) is 19.7. The molecule has 2 aliphatic carbocycles. The molecular formula is C61H37NOS. The zero-order valence-electron chi connectivity index (χ0n) is 34.6. The van der Waals surface area contributed by atoms with Gasteiger partial charge in [-0.15, -0.1) is 11.3 Å². The molecule has 14 rings (SSSR count). The molecule has 298 valence electrons. The molecule has 64 heavy (non-hydrogen) atoms. The molecule has 0 radical (unpaired) electrons. The third kappa shape index (κ3) is 4.90. The second-order valence-corrected chi connectivity index (χ2v) is 18.2. The predicted molar refractivity (Wildman–Crippen MR) is 268 cm³/mol. The molecule has 1 atom stereocenters. The van der Waals surface area contributed by atoms with Crippen LogP contribution in [0.15, 0.2) is 229 Å². The van der Waals surface area contributed by atoms with Gasteiger partial charge in [-0.1, -0.05) is 164 Å². The predicted octanol–water partition coefficient (Wildman–Crippen LogP) is 17.1. The van der Waals surface area contributed by atoms with Crippen molar-refractivity contribution >= 4 is 70.5 Å². The van der Waals surface area contributed by atoms with Crippen LogP contribution in [-0.2, 0) is 5.41 Å². The first-order valence-corrected chi connectivity index (χ1v) is 22.8. The van der Waals surface area contributed by atoms with Crippen LogP contribution in [0.3, 0.4) is 0 Å². The Bertz CT molecular complexity index is 3860. The zero-order chi connectivity index (χ0) is 41.9. The lowest BCUT2D eigenvalue weighted by molar-refractivity contribution is 0.669. The van der Waals surface area contributed by atoms with E-state index in [1.54, 1.807) is 0 Å². The fraction of sp³-hybridized carbons (Fsp3) is 0.0164. The van der Waals surface area contributed by atoms with E-state index in [0.717, 1.165) is 39.0 Å². The monoisotopic (exact) mass is 831 g/mol. The van der Waals surface area contributed by atoms with Crippen LogP contribution in [0.1, 0.15) is 22.3 Å². The van der Waals surface area contributed by atoms with Crippen molar-refractivity contribution in [3.05, 3.63) is 247 Å². The summed E-state index contributed by atoms with van der Waals surface area (Å²) in [4.78, 5) is 2.42. The van der Waals surface area contributed by atoms with Crippen molar-refractivity contribution in [2.24, 2.45) is 0 Å². The van der Waals surface area contributed by atoms with Crippen LogP contribution in [0, 0.1) is 0 Å². The van der Waals surface area contributed by atoms with Crippen LogP contribution < -0.4 is 4.90 Å². The molecular weight excluding hydrogens is 795 g/mol. The molecule has 0 fully saturated rings. The van der Waals surface area contributed by atoms with Gasteiger partial charge in [-0.2, -0.15) is 0 Å². The minimum atomic E-state index is -0.594. The van der Waals surface area contributed by atoms with Gasteiger partial charge in [0.1, 0.15) is 11.2 Å². The van der Waals surface area contributed by atoms with E-state index >= 15 is 0 Å². The van der Waals surface area contributed by atoms with Gasteiger partial charge in [-0.3, -0.25) is 0 Å². The lowest BCUT2D eigenvalue weighted by atomic mass is 9.66. The van der Waals surface area contributed by atoms with Gasteiger partial charge in [0.2, 0.25) is 0 Å². The first-order chi connectivity index (χ1) is 31.7. The topological polar surface area (TPSA) is 16.4 Å². The Labute approximate surface area is 374 Å². The molecule has 2 aromatic heterocycles. The second-order valence-electron chi connectivity index (χ2n) is 17.1. The highest BCUT2D eigenvalue weighted by Gasteiger charge is 2.50. The van der Waals surface area contributed by atoms with E-state index in [1.807, 2.05) is 17.4 Å². The summed E-state index contributed by atoms with van der Waals surface area (Å²) in [5.74, 6) is 0. The standard InChI is InChI=1S/C61H37NOS/c1-2-14-38(15-3-1)39-26-28-40(29-27-39)62(42-31-34-56-50(37-42)46-19-8-12-24-55(46)63-56)41-30-32-53-49(36-41)44-17-5-4-16-43(44)45-18-6-10-22-51(45)61(53)52-23-11-7-20-47(52)59-54(61)33-35-58-60(59)48-21-9-13-25-57(48)64-58/h1-37H. The molecule has 1 spiro atoms. The summed E-state index contributed by atoms with van der Waals surface area (Å²) < 4.78 is 9.00. The molecule has 2 heterocycles. The minimum absolute atomic E-state index is 0.594. The summed E-state index contributed by atoms with van der Waals surface area (Å²) in [5, 5.41) is 4.88. The molecule has 0 aliphatic heterocycles. The molecule has 0 bridgehead atoms. The number of fused-ring (bicyclic) bond motifs is 19. The zero-order valence-corrected chi connectivity index (χ0v) is 35.4. The third-order valence-electron chi connectivity index (χ3n) is 13.9. The van der Waals surface area contributed by atoms with E-state index in [1.165, 1.54) is 86.9 Å². The van der Waals surface area contributed by atoms with Gasteiger partial charge in [-0.25, -0.2) is 0 Å². The van der Waals surface area contributed by atoms with Crippen LogP contribution in [-0.4, -0.2) is 0 Å². The average Bonchev–Trinajstić information content (AvgIpc) is 4.00. The molecule has 12 aromatic rings. The van der Waals surface area contributed by atoms with E-state index in [0.29, 0.717) is 0 Å². The average molecular weight is 832 g/mol. The van der Waals surface area contributed by atoms with Crippen molar-refractivity contribution < 1.29 is 4.42 Å². The highest BCUT2D eigenvalue weighted by atomic mass is 32.1. The van der Waals surface area contributed by atoms with Crippen molar-refractivity contribution in [3.63, 3.8) is 0 Å². The van der Waals surface area contributed by atoms with Gasteiger partial charge < -0.3 is 9.32 Å². The quantitative estimate of drug-likeness (QED) is 0.176. The maximum Gasteiger partial charge on any atom is 0.135 e. The maximum absolute atomic E-state index is 6.36. The molecule has 0 saturated carbocycles. The number of hydrogen-bond acceptors (Lipinski definition) is 3. The lowest BCUT2D eigenvalue weighted by Gasteiger charge is -2.36. The molecule has 1 unspecified atom stereocenters. The van der Waals surface area contributed by atoms with Crippen molar-refractivity contribution in [1.82, 2.24) is 0 Å². The first kappa shape index (κ1) is 35.6. The SMILES string of the molecule is c1ccc(-c2ccc(N(c3ccc4c(c3)-c3ccccc3-c3ccccc3C43c4ccccc4-c4c3ccc3sc5ccccc5c43)c3ccc4oc5ccccc5c4c3)cc2)cc1. The number of hydrogen-bond donors (Lipinski definition) is 0. The van der Waals surface area contributed by atoms with Gasteiger partial charge in [-0.05, 0) is 127 Å². The van der Waals surface area contributed by atoms with Gasteiger partial charge in [0.05, 0.1) is 5.41 Å². The Kier molecular flexibility index (Phi) is 7.51. The normalized spacial score (nSPS) is 14.6. The molecule has 0 saturated heterocycles. The molecule has 0 N–H and O–H groups in total. The van der Waals surface area contributed by atoms with Crippen LogP contribution in [0.5, 0.6) is 0 Å². The number of benzene rings is 10. The van der Waals surface area contributed by atoms with E-state index < -0.39 is 5.41 Å². The number of para-hydroxylation sites is 1. The molecule has 2 aliphatic rings. The van der Waals surface area contributed by atoms with Gasteiger partial charge in [0.25, 0.3) is 0 Å². The highest BCUT2D eigenvalue weighted by Crippen LogP contribution is 2.63. The van der Waals surface area contributed by atoms with Gasteiger partial charge in [0.15, 0.2) is 0 Å². The molecule has 10 aromatic carbocycles. The highest BCUT2D eigenvalue weighted by molar-refractivity contribution is 7.26. The lowest BCUT2D eigenvalue weighted by Crippen LogP contribution is -2.29. The summed E-state index contributed by atoms with van der Waals surface area (Å²) in [6.45, 7) is 0. The Morgan fingerprint density at radius 1 is 0.344 bits per heavy atom. The van der Waals surface area contributed by atoms with E-state index in [2.05, 4.69) is 223 Å². The van der Waals surface area contributed by atoms with E-state index in [4.69, 9.17) is 4.42 Å². The second kappa shape index (κ2) is 13.5. The summed E-state index contributed by atoms with van der Waals surface area (Å²) in [6.07, 6.45) is 0. The first-order valence-electron chi connectivity index (χ1n) is 22.0. The number of nitrogens with zero attached hydrogens (tertiary/aromatic N) is 1. The van der Waals surface area contributed by atoms with Gasteiger partial charge >= 0.3 is 0 Å². The number of anilines is 3. The summed E-state index contributed by atoms with van der Waals surface area (Å²) >= 11 is 1.89. The van der Waals surface area contributed by atoms with Crippen LogP contribution in [0.4, 0.5) is 17.1 Å². The Balaban J connectivity index is 1.07. The van der Waals surface area contributed by atoms with Crippen molar-refractivity contribution in [3.8, 4) is 44.5 Å². The number of thiophene rings is 1. The van der Waals surface area contributed by atoms with Crippen LogP contribution in [0.25, 0.3) is 86.6 Å². The van der Waals surface area contributed by atoms with Crippen molar-refractivity contribution in [2.75, 3.05) is 4.90 Å². The Morgan fingerprint density at radius 3 is 1.73 bits per heavy atom. The Morgan fingerprint density at radius 2 is 0.906 bits per heavy atom. The van der Waals surface area contributed by atoms with Gasteiger partial charge in [0, 0.05) is 48.0 Å².